The van der Waals surface area contributed by atoms with Crippen molar-refractivity contribution in [3.05, 3.63) is 91.0 Å². The molecule has 0 aliphatic rings. The Morgan fingerprint density at radius 2 is 0.705 bits per heavy atom. The molecule has 3 aromatic rings. The highest BCUT2D eigenvalue weighted by Gasteiger charge is 2.39. The van der Waals surface area contributed by atoms with Crippen LogP contribution in [0.4, 0.5) is 0 Å². The summed E-state index contributed by atoms with van der Waals surface area (Å²) in [6, 6.07) is 35.5. The summed E-state index contributed by atoms with van der Waals surface area (Å²) < 4.78 is 1.14. The molecule has 0 aliphatic carbocycles. The van der Waals surface area contributed by atoms with Gasteiger partial charge in [-0.3, -0.25) is 0 Å². The van der Waals surface area contributed by atoms with E-state index in [0.29, 0.717) is 0 Å². The highest BCUT2D eigenvalue weighted by molar-refractivity contribution is 7.11. The number of hydrogen-bond acceptors (Lipinski definition) is 0. The molecule has 0 amide bonds. The van der Waals surface area contributed by atoms with Crippen molar-refractivity contribution < 1.29 is 21.5 Å². The van der Waals surface area contributed by atoms with Gasteiger partial charge in [0.25, 0.3) is 0 Å². The maximum Gasteiger partial charge on any atom is 0.148 e. The number of halogens is 1. The summed E-state index contributed by atoms with van der Waals surface area (Å²) in [6.07, 6.45) is 24.3. The van der Waals surface area contributed by atoms with Gasteiger partial charge in [-0.15, -0.1) is 0 Å². The molecular weight excluding hydrogens is 614 g/mol. The molecule has 0 fully saturated rings. The second-order valence-corrected chi connectivity index (χ2v) is 17.8. The molecule has 1 nitrogen and oxygen atoms in total. The SMILES string of the molecule is CCCCCCCCCCCCCCCCCC[N+](C)(C)CCC[Si](c1ccccc1)(c1ccccc1)c1ccccc1.[Br-]. The van der Waals surface area contributed by atoms with Gasteiger partial charge in [-0.2, -0.15) is 0 Å². The van der Waals surface area contributed by atoms with Gasteiger partial charge in [-0.05, 0) is 40.9 Å². The van der Waals surface area contributed by atoms with Crippen LogP contribution in [0.25, 0.3) is 0 Å². The molecule has 3 heteroatoms. The first-order valence-corrected chi connectivity index (χ1v) is 20.3. The summed E-state index contributed by atoms with van der Waals surface area (Å²) in [5.74, 6) is 0. The third kappa shape index (κ3) is 13.8. The normalized spacial score (nSPS) is 11.8. The second-order valence-electron chi connectivity index (χ2n) is 13.8. The van der Waals surface area contributed by atoms with Gasteiger partial charge in [-0.25, -0.2) is 0 Å². The van der Waals surface area contributed by atoms with Gasteiger partial charge < -0.3 is 21.5 Å². The summed E-state index contributed by atoms with van der Waals surface area (Å²) in [7, 11) is 2.81. The fourth-order valence-electron chi connectivity index (χ4n) is 7.07. The van der Waals surface area contributed by atoms with Gasteiger partial charge >= 0.3 is 0 Å². The molecule has 0 atom stereocenters. The van der Waals surface area contributed by atoms with Crippen LogP contribution >= 0.6 is 0 Å². The van der Waals surface area contributed by atoms with E-state index in [1.807, 2.05) is 0 Å². The molecule has 0 heterocycles. The molecule has 0 aromatic heterocycles. The van der Waals surface area contributed by atoms with Crippen LogP contribution in [0.1, 0.15) is 116 Å². The van der Waals surface area contributed by atoms with Gasteiger partial charge in [0.05, 0.1) is 27.2 Å². The Morgan fingerprint density at radius 3 is 1.05 bits per heavy atom. The predicted octanol–water partition coefficient (Wildman–Crippen LogP) is 6.89. The summed E-state index contributed by atoms with van der Waals surface area (Å²) in [5.41, 5.74) is 0. The Hall–Kier alpha value is -1.68. The van der Waals surface area contributed by atoms with Crippen molar-refractivity contribution in [1.29, 1.82) is 0 Å². The Bertz CT molecular complexity index is 973. The van der Waals surface area contributed by atoms with E-state index in [0.717, 1.165) is 4.48 Å². The number of unbranched alkanes of at least 4 members (excludes halogenated alkanes) is 15. The minimum Gasteiger partial charge on any atom is -1.00 e. The van der Waals surface area contributed by atoms with E-state index in [9.17, 15) is 0 Å². The van der Waals surface area contributed by atoms with Crippen LogP contribution in [0.5, 0.6) is 0 Å². The molecule has 0 bridgehead atoms. The number of nitrogens with zero attached hydrogens (tertiary/aromatic N) is 1. The minimum absolute atomic E-state index is 0. The first kappa shape index (κ1) is 38.5. The maximum absolute atomic E-state index is 2.46. The predicted molar refractivity (Wildman–Crippen MR) is 195 cm³/mol. The van der Waals surface area contributed by atoms with Crippen LogP contribution < -0.4 is 32.5 Å². The molecule has 0 radical (unpaired) electrons. The van der Waals surface area contributed by atoms with Crippen LogP contribution in [0.3, 0.4) is 0 Å². The monoisotopic (exact) mass is 677 g/mol. The van der Waals surface area contributed by atoms with Gasteiger partial charge in [-0.1, -0.05) is 188 Å². The van der Waals surface area contributed by atoms with Crippen molar-refractivity contribution >= 4 is 23.6 Å². The third-order valence-corrected chi connectivity index (χ3v) is 14.8. The Kier molecular flexibility index (Phi) is 19.9. The van der Waals surface area contributed by atoms with E-state index in [1.165, 1.54) is 144 Å². The fraction of sp³-hybridized carbons (Fsp3) is 0.561. The van der Waals surface area contributed by atoms with Crippen LogP contribution in [-0.4, -0.2) is 39.7 Å². The smallest absolute Gasteiger partial charge is 0.148 e. The van der Waals surface area contributed by atoms with E-state index >= 15 is 0 Å². The highest BCUT2D eigenvalue weighted by Crippen LogP contribution is 2.18. The van der Waals surface area contributed by atoms with Gasteiger partial charge in [0.1, 0.15) is 8.07 Å². The summed E-state index contributed by atoms with van der Waals surface area (Å²) in [6.45, 7) is 4.86. The lowest BCUT2D eigenvalue weighted by Gasteiger charge is -2.36. The minimum atomic E-state index is -2.11. The van der Waals surface area contributed by atoms with Crippen LogP contribution in [0, 0.1) is 0 Å². The first-order chi connectivity index (χ1) is 21.1. The zero-order chi connectivity index (χ0) is 30.5. The van der Waals surface area contributed by atoms with Crippen LogP contribution in [0.2, 0.25) is 6.04 Å². The molecule has 0 saturated heterocycles. The molecule has 3 aromatic carbocycles. The topological polar surface area (TPSA) is 0 Å². The summed E-state index contributed by atoms with van der Waals surface area (Å²) >= 11 is 0. The van der Waals surface area contributed by atoms with Crippen molar-refractivity contribution in [1.82, 2.24) is 0 Å². The van der Waals surface area contributed by atoms with E-state index < -0.39 is 8.07 Å². The number of benzene rings is 3. The summed E-state index contributed by atoms with van der Waals surface area (Å²) in [5, 5.41) is 4.61. The first-order valence-electron chi connectivity index (χ1n) is 18.1. The average molecular weight is 679 g/mol. The van der Waals surface area contributed by atoms with Crippen molar-refractivity contribution in [3.8, 4) is 0 Å². The Balaban J connectivity index is 0.00000675. The Labute approximate surface area is 284 Å². The maximum atomic E-state index is 2.46. The molecule has 3 rings (SSSR count). The zero-order valence-electron chi connectivity index (χ0n) is 28.6. The molecule has 0 aliphatic heterocycles. The summed E-state index contributed by atoms with van der Waals surface area (Å²) in [4.78, 5) is 0. The molecule has 0 saturated carbocycles. The number of quaternary nitrogens is 1. The van der Waals surface area contributed by atoms with Gasteiger partial charge in [0.2, 0.25) is 0 Å². The molecule has 244 valence electrons. The standard InChI is InChI=1S/C41H64NSi.BrH/c1-4-5-6-7-8-9-10-11-12-13-14-15-16-17-18-28-36-42(2,3)37-29-38-43(39-30-22-19-23-31-39,40-32-24-20-25-33-40)41-34-26-21-27-35-41;/h19-27,30-35H,4-18,28-29,36-38H2,1-3H3;1H/q+1;/p-1. The van der Waals surface area contributed by atoms with Crippen LogP contribution in [0.15, 0.2) is 91.0 Å². The third-order valence-electron chi connectivity index (χ3n) is 9.73. The Morgan fingerprint density at radius 1 is 0.409 bits per heavy atom. The van der Waals surface area contributed by atoms with E-state index in [2.05, 4.69) is 112 Å². The number of hydrogen-bond donors (Lipinski definition) is 0. The lowest BCUT2D eigenvalue weighted by Crippen LogP contribution is -3.00. The van der Waals surface area contributed by atoms with E-state index in [4.69, 9.17) is 0 Å². The number of rotatable bonds is 24. The molecule has 44 heavy (non-hydrogen) atoms. The van der Waals surface area contributed by atoms with Crippen molar-refractivity contribution in [2.24, 2.45) is 0 Å². The highest BCUT2D eigenvalue weighted by atomic mass is 79.9. The second kappa shape index (κ2) is 22.8. The van der Waals surface area contributed by atoms with E-state index in [-0.39, 0.29) is 17.0 Å². The quantitative estimate of drug-likeness (QED) is 0.0419. The van der Waals surface area contributed by atoms with Gasteiger partial charge in [0.15, 0.2) is 0 Å². The molecule has 0 unspecified atom stereocenters. The van der Waals surface area contributed by atoms with Gasteiger partial charge in [0, 0.05) is 0 Å². The fourth-order valence-corrected chi connectivity index (χ4v) is 11.9. The average Bonchev–Trinajstić information content (AvgIpc) is 3.04. The van der Waals surface area contributed by atoms with E-state index in [1.54, 1.807) is 0 Å². The molecule has 0 spiro atoms. The zero-order valence-corrected chi connectivity index (χ0v) is 31.2. The van der Waals surface area contributed by atoms with Crippen LogP contribution in [-0.2, 0) is 0 Å². The van der Waals surface area contributed by atoms with Crippen molar-refractivity contribution in [2.75, 3.05) is 27.2 Å². The lowest BCUT2D eigenvalue weighted by atomic mass is 10.0. The molecule has 0 N–H and O–H groups in total. The largest absolute Gasteiger partial charge is 1.00 e. The van der Waals surface area contributed by atoms with Crippen molar-refractivity contribution in [3.63, 3.8) is 0 Å². The molecular formula is C41H64BrNSi. The van der Waals surface area contributed by atoms with Crippen molar-refractivity contribution in [2.45, 2.75) is 122 Å². The lowest BCUT2D eigenvalue weighted by molar-refractivity contribution is -0.890.